The van der Waals surface area contributed by atoms with Gasteiger partial charge in [0, 0.05) is 38.7 Å². The zero-order valence-corrected chi connectivity index (χ0v) is 19.3. The average Bonchev–Trinajstić information content (AvgIpc) is 3.20. The molecule has 166 valence electrons. The first kappa shape index (κ1) is 22.4. The summed E-state index contributed by atoms with van der Waals surface area (Å²) in [4.78, 5) is 27.9. The summed E-state index contributed by atoms with van der Waals surface area (Å²) in [5.74, 6) is 1.01. The normalized spacial score (nSPS) is 13.9. The number of carbonyl (C=O) groups is 2. The molecule has 32 heavy (non-hydrogen) atoms. The van der Waals surface area contributed by atoms with Gasteiger partial charge in [-0.25, -0.2) is 0 Å². The van der Waals surface area contributed by atoms with Crippen molar-refractivity contribution in [2.75, 3.05) is 31.9 Å². The lowest BCUT2D eigenvalue weighted by molar-refractivity contribution is -0.136. The Morgan fingerprint density at radius 2 is 1.59 bits per heavy atom. The van der Waals surface area contributed by atoms with E-state index in [2.05, 4.69) is 10.2 Å². The number of hydrogen-bond acceptors (Lipinski definition) is 5. The molecule has 1 fully saturated rings. The van der Waals surface area contributed by atoms with E-state index in [0.29, 0.717) is 48.7 Å². The van der Waals surface area contributed by atoms with Gasteiger partial charge in [-0.1, -0.05) is 65.8 Å². The van der Waals surface area contributed by atoms with Gasteiger partial charge in [-0.15, -0.1) is 10.2 Å². The number of nitrogens with zero attached hydrogens (tertiary/aromatic N) is 5. The number of amides is 2. The van der Waals surface area contributed by atoms with Crippen molar-refractivity contribution in [3.05, 3.63) is 65.2 Å². The Hall–Kier alpha value is -2.84. The highest BCUT2D eigenvalue weighted by atomic mass is 35.5. The third kappa shape index (κ3) is 5.14. The molecule has 0 spiro atoms. The second-order valence-electron chi connectivity index (χ2n) is 7.53. The number of hydrogen-bond donors (Lipinski definition) is 0. The van der Waals surface area contributed by atoms with E-state index >= 15 is 0 Å². The van der Waals surface area contributed by atoms with Crippen LogP contribution in [0.5, 0.6) is 0 Å². The van der Waals surface area contributed by atoms with E-state index in [1.165, 1.54) is 11.8 Å². The Morgan fingerprint density at radius 3 is 2.28 bits per heavy atom. The molecule has 0 aliphatic carbocycles. The first-order valence-electron chi connectivity index (χ1n) is 10.4. The van der Waals surface area contributed by atoms with Crippen LogP contribution in [0.1, 0.15) is 12.5 Å². The van der Waals surface area contributed by atoms with Crippen LogP contribution in [0.2, 0.25) is 5.02 Å². The fourth-order valence-corrected chi connectivity index (χ4v) is 4.69. The Bertz CT molecular complexity index is 1100. The average molecular weight is 470 g/mol. The lowest BCUT2D eigenvalue weighted by Gasteiger charge is -2.34. The smallest absolute Gasteiger partial charge is 0.233 e. The van der Waals surface area contributed by atoms with Crippen molar-refractivity contribution in [1.29, 1.82) is 0 Å². The van der Waals surface area contributed by atoms with Crippen LogP contribution in [0, 0.1) is 0 Å². The molecule has 7 nitrogen and oxygen atoms in total. The van der Waals surface area contributed by atoms with Crippen LogP contribution >= 0.6 is 23.4 Å². The standard InChI is InChI=1S/C23H24ClN5O2S/c1-17(30)27-11-13-28(14-12-27)21(31)16-32-23-26-25-22(19-9-5-6-10-20(19)24)29(23)15-18-7-3-2-4-8-18/h2-10H,11-16H2,1H3. The summed E-state index contributed by atoms with van der Waals surface area (Å²) < 4.78 is 2.00. The van der Waals surface area contributed by atoms with E-state index in [4.69, 9.17) is 11.6 Å². The van der Waals surface area contributed by atoms with Crippen LogP contribution in [0.4, 0.5) is 0 Å². The second kappa shape index (κ2) is 10.2. The minimum Gasteiger partial charge on any atom is -0.339 e. The lowest BCUT2D eigenvalue weighted by atomic mass is 10.2. The number of rotatable bonds is 6. The summed E-state index contributed by atoms with van der Waals surface area (Å²) in [7, 11) is 0. The molecule has 4 rings (SSSR count). The molecule has 0 bridgehead atoms. The molecule has 2 aromatic carbocycles. The molecule has 3 aromatic rings. The quantitative estimate of drug-likeness (QED) is 0.517. The van der Waals surface area contributed by atoms with E-state index < -0.39 is 0 Å². The van der Waals surface area contributed by atoms with Gasteiger partial charge in [-0.3, -0.25) is 14.2 Å². The Morgan fingerprint density at radius 1 is 0.938 bits per heavy atom. The monoisotopic (exact) mass is 469 g/mol. The molecule has 1 aliphatic rings. The summed E-state index contributed by atoms with van der Waals surface area (Å²) in [6.07, 6.45) is 0. The Balaban J connectivity index is 1.51. The van der Waals surface area contributed by atoms with Crippen LogP contribution in [0.3, 0.4) is 0 Å². The molecule has 1 saturated heterocycles. The van der Waals surface area contributed by atoms with Crippen molar-refractivity contribution < 1.29 is 9.59 Å². The van der Waals surface area contributed by atoms with Gasteiger partial charge in [0.05, 0.1) is 17.3 Å². The molecule has 2 heterocycles. The fourth-order valence-electron chi connectivity index (χ4n) is 3.63. The van der Waals surface area contributed by atoms with Gasteiger partial charge in [0.25, 0.3) is 0 Å². The van der Waals surface area contributed by atoms with Gasteiger partial charge in [0.1, 0.15) is 0 Å². The second-order valence-corrected chi connectivity index (χ2v) is 8.88. The van der Waals surface area contributed by atoms with Gasteiger partial charge in [0.15, 0.2) is 11.0 Å². The van der Waals surface area contributed by atoms with Crippen LogP contribution in [0.15, 0.2) is 59.8 Å². The van der Waals surface area contributed by atoms with Crippen molar-refractivity contribution in [2.45, 2.75) is 18.6 Å². The predicted octanol–water partition coefficient (Wildman–Crippen LogP) is 3.43. The maximum absolute atomic E-state index is 12.8. The molecular weight excluding hydrogens is 446 g/mol. The number of benzene rings is 2. The molecule has 1 aliphatic heterocycles. The highest BCUT2D eigenvalue weighted by Crippen LogP contribution is 2.30. The minimum atomic E-state index is 0.0340. The molecule has 0 radical (unpaired) electrons. The van der Waals surface area contributed by atoms with Crippen molar-refractivity contribution >= 4 is 35.2 Å². The number of halogens is 1. The summed E-state index contributed by atoms with van der Waals surface area (Å²) in [6, 6.07) is 17.6. The first-order valence-corrected chi connectivity index (χ1v) is 11.8. The summed E-state index contributed by atoms with van der Waals surface area (Å²) in [6.45, 7) is 4.39. The molecule has 2 amide bonds. The molecule has 0 unspecified atom stereocenters. The van der Waals surface area contributed by atoms with Gasteiger partial charge < -0.3 is 9.80 Å². The molecule has 9 heteroatoms. The number of aromatic nitrogens is 3. The topological polar surface area (TPSA) is 71.3 Å². The minimum absolute atomic E-state index is 0.0340. The molecule has 0 atom stereocenters. The molecule has 1 aromatic heterocycles. The maximum atomic E-state index is 12.8. The van der Waals surface area contributed by atoms with Crippen molar-refractivity contribution in [1.82, 2.24) is 24.6 Å². The van der Waals surface area contributed by atoms with Crippen molar-refractivity contribution in [3.63, 3.8) is 0 Å². The van der Waals surface area contributed by atoms with Gasteiger partial charge >= 0.3 is 0 Å². The van der Waals surface area contributed by atoms with Gasteiger partial charge in [-0.2, -0.15) is 0 Å². The van der Waals surface area contributed by atoms with Crippen molar-refractivity contribution in [3.8, 4) is 11.4 Å². The van der Waals surface area contributed by atoms with Crippen LogP contribution in [-0.4, -0.2) is 68.3 Å². The zero-order chi connectivity index (χ0) is 22.5. The largest absolute Gasteiger partial charge is 0.339 e. The van der Waals surface area contributed by atoms with E-state index in [9.17, 15) is 9.59 Å². The van der Waals surface area contributed by atoms with Crippen LogP contribution in [-0.2, 0) is 16.1 Å². The molecule has 0 N–H and O–H groups in total. The van der Waals surface area contributed by atoms with Gasteiger partial charge in [-0.05, 0) is 17.7 Å². The summed E-state index contributed by atoms with van der Waals surface area (Å²) >= 11 is 7.80. The summed E-state index contributed by atoms with van der Waals surface area (Å²) in [5, 5.41) is 10.0. The fraction of sp³-hybridized carbons (Fsp3) is 0.304. The summed E-state index contributed by atoms with van der Waals surface area (Å²) in [5.41, 5.74) is 1.91. The Kier molecular flexibility index (Phi) is 7.12. The molecular formula is C23H24ClN5O2S. The van der Waals surface area contributed by atoms with Gasteiger partial charge in [0.2, 0.25) is 11.8 Å². The zero-order valence-electron chi connectivity index (χ0n) is 17.8. The van der Waals surface area contributed by atoms with Crippen molar-refractivity contribution in [2.24, 2.45) is 0 Å². The number of piperazine rings is 1. The molecule has 0 saturated carbocycles. The lowest BCUT2D eigenvalue weighted by Crippen LogP contribution is -2.50. The third-order valence-corrected chi connectivity index (χ3v) is 6.70. The van der Waals surface area contributed by atoms with E-state index in [1.807, 2.05) is 59.2 Å². The highest BCUT2D eigenvalue weighted by molar-refractivity contribution is 7.99. The number of thioether (sulfide) groups is 1. The van der Waals surface area contributed by atoms with E-state index in [-0.39, 0.29) is 17.6 Å². The highest BCUT2D eigenvalue weighted by Gasteiger charge is 2.24. The third-order valence-electron chi connectivity index (χ3n) is 5.42. The van der Waals surface area contributed by atoms with E-state index in [1.54, 1.807) is 16.7 Å². The van der Waals surface area contributed by atoms with Crippen LogP contribution < -0.4 is 0 Å². The number of carbonyl (C=O) groups excluding carboxylic acids is 2. The predicted molar refractivity (Wildman–Crippen MR) is 126 cm³/mol. The SMILES string of the molecule is CC(=O)N1CCN(C(=O)CSc2nnc(-c3ccccc3Cl)n2Cc2ccccc2)CC1. The maximum Gasteiger partial charge on any atom is 0.233 e. The van der Waals surface area contributed by atoms with Crippen LogP contribution in [0.25, 0.3) is 11.4 Å². The Labute approximate surface area is 196 Å². The van der Waals surface area contributed by atoms with E-state index in [0.717, 1.165) is 11.1 Å². The first-order chi connectivity index (χ1) is 15.5.